The first kappa shape index (κ1) is 14.9. The standard InChI is InChI=1S/C16H15N3OS2/c1-9-3-5-11(6-4-9)12-8-22-15-14(12)16(20)19(7-13(17)21)10(2)18-15/h3-6,8H,7H2,1-2H3,(H2,17,21). The first-order valence-corrected chi connectivity index (χ1v) is 8.10. The fourth-order valence-corrected chi connectivity index (χ4v) is 3.53. The maximum Gasteiger partial charge on any atom is 0.263 e. The number of hydrogen-bond donors (Lipinski definition) is 1. The molecule has 0 spiro atoms. The zero-order valence-electron chi connectivity index (χ0n) is 12.3. The van der Waals surface area contributed by atoms with Crippen LogP contribution in [0.15, 0.2) is 34.4 Å². The second-order valence-corrected chi connectivity index (χ2v) is 6.59. The molecule has 2 heterocycles. The third-order valence-corrected chi connectivity index (χ3v) is 4.56. The van der Waals surface area contributed by atoms with E-state index in [1.807, 2.05) is 36.6 Å². The lowest BCUT2D eigenvalue weighted by Gasteiger charge is -2.09. The zero-order valence-corrected chi connectivity index (χ0v) is 13.9. The normalized spacial score (nSPS) is 11.0. The van der Waals surface area contributed by atoms with E-state index < -0.39 is 0 Å². The average molecular weight is 329 g/mol. The number of benzene rings is 1. The van der Waals surface area contributed by atoms with Gasteiger partial charge < -0.3 is 5.73 Å². The lowest BCUT2D eigenvalue weighted by atomic mass is 10.1. The summed E-state index contributed by atoms with van der Waals surface area (Å²) in [6.45, 7) is 4.05. The van der Waals surface area contributed by atoms with Crippen molar-refractivity contribution in [1.29, 1.82) is 0 Å². The van der Waals surface area contributed by atoms with Crippen LogP contribution in [0.25, 0.3) is 21.3 Å². The molecule has 0 aliphatic heterocycles. The van der Waals surface area contributed by atoms with Crippen LogP contribution < -0.4 is 11.3 Å². The minimum absolute atomic E-state index is 0.0906. The Kier molecular flexibility index (Phi) is 3.80. The molecule has 2 aromatic heterocycles. The van der Waals surface area contributed by atoms with Crippen molar-refractivity contribution in [2.45, 2.75) is 20.4 Å². The van der Waals surface area contributed by atoms with Crippen LogP contribution in [-0.4, -0.2) is 14.5 Å². The van der Waals surface area contributed by atoms with E-state index in [0.29, 0.717) is 11.2 Å². The second-order valence-electron chi connectivity index (χ2n) is 5.21. The molecule has 0 bridgehead atoms. The van der Waals surface area contributed by atoms with Gasteiger partial charge in [0, 0.05) is 10.9 Å². The summed E-state index contributed by atoms with van der Waals surface area (Å²) in [5.41, 5.74) is 8.61. The fourth-order valence-electron chi connectivity index (χ4n) is 2.41. The molecule has 22 heavy (non-hydrogen) atoms. The van der Waals surface area contributed by atoms with E-state index in [0.717, 1.165) is 16.0 Å². The highest BCUT2D eigenvalue weighted by Crippen LogP contribution is 2.31. The van der Waals surface area contributed by atoms with Gasteiger partial charge >= 0.3 is 0 Å². The predicted octanol–water partition coefficient (Wildman–Crippen LogP) is 3.03. The minimum Gasteiger partial charge on any atom is -0.392 e. The lowest BCUT2D eigenvalue weighted by Crippen LogP contribution is -2.29. The van der Waals surface area contributed by atoms with Gasteiger partial charge in [0.1, 0.15) is 10.7 Å². The number of hydrogen-bond acceptors (Lipinski definition) is 4. The SMILES string of the molecule is Cc1ccc(-c2csc3nc(C)n(CC(N)=S)c(=O)c23)cc1. The van der Waals surface area contributed by atoms with E-state index in [1.54, 1.807) is 6.92 Å². The van der Waals surface area contributed by atoms with Gasteiger partial charge in [-0.15, -0.1) is 11.3 Å². The quantitative estimate of drug-likeness (QED) is 0.750. The first-order valence-electron chi connectivity index (χ1n) is 6.81. The molecule has 3 rings (SSSR count). The Balaban J connectivity index is 2.27. The van der Waals surface area contributed by atoms with Crippen molar-refractivity contribution < 1.29 is 0 Å². The van der Waals surface area contributed by atoms with Gasteiger partial charge in [-0.2, -0.15) is 0 Å². The Morgan fingerprint density at radius 1 is 1.32 bits per heavy atom. The number of rotatable bonds is 3. The summed E-state index contributed by atoms with van der Waals surface area (Å²) in [6, 6.07) is 8.12. The third-order valence-electron chi connectivity index (χ3n) is 3.56. The molecule has 0 unspecified atom stereocenters. The van der Waals surface area contributed by atoms with Crippen LogP contribution in [0.4, 0.5) is 0 Å². The van der Waals surface area contributed by atoms with Crippen LogP contribution in [0.2, 0.25) is 0 Å². The summed E-state index contributed by atoms with van der Waals surface area (Å²) < 4.78 is 1.54. The van der Waals surface area contributed by atoms with Crippen LogP contribution in [-0.2, 0) is 6.54 Å². The average Bonchev–Trinajstić information content (AvgIpc) is 2.88. The van der Waals surface area contributed by atoms with Crippen molar-refractivity contribution in [1.82, 2.24) is 9.55 Å². The Labute approximate surface area is 137 Å². The van der Waals surface area contributed by atoms with Gasteiger partial charge in [0.2, 0.25) is 0 Å². The minimum atomic E-state index is -0.0906. The van der Waals surface area contributed by atoms with E-state index in [-0.39, 0.29) is 17.1 Å². The van der Waals surface area contributed by atoms with Gasteiger partial charge in [0.25, 0.3) is 5.56 Å². The van der Waals surface area contributed by atoms with Gasteiger partial charge in [-0.25, -0.2) is 4.98 Å². The van der Waals surface area contributed by atoms with E-state index in [9.17, 15) is 4.79 Å². The summed E-state index contributed by atoms with van der Waals surface area (Å²) in [5.74, 6) is 0.627. The molecule has 0 radical (unpaired) electrons. The molecule has 3 aromatic rings. The smallest absolute Gasteiger partial charge is 0.263 e. The molecular formula is C16H15N3OS2. The number of fused-ring (bicyclic) bond motifs is 1. The molecule has 1 aromatic carbocycles. The number of nitrogens with zero attached hydrogens (tertiary/aromatic N) is 2. The summed E-state index contributed by atoms with van der Waals surface area (Å²) >= 11 is 6.41. The Morgan fingerprint density at radius 2 is 2.00 bits per heavy atom. The van der Waals surface area contributed by atoms with Gasteiger partial charge in [0.15, 0.2) is 0 Å². The van der Waals surface area contributed by atoms with Gasteiger partial charge in [-0.3, -0.25) is 9.36 Å². The topological polar surface area (TPSA) is 60.9 Å². The van der Waals surface area contributed by atoms with Crippen LogP contribution >= 0.6 is 23.6 Å². The summed E-state index contributed by atoms with van der Waals surface area (Å²) in [7, 11) is 0. The van der Waals surface area contributed by atoms with E-state index in [2.05, 4.69) is 4.98 Å². The molecule has 4 nitrogen and oxygen atoms in total. The number of thiocarbonyl (C=S) groups is 1. The van der Waals surface area contributed by atoms with Crippen molar-refractivity contribution in [3.63, 3.8) is 0 Å². The molecule has 112 valence electrons. The van der Waals surface area contributed by atoms with Crippen LogP contribution in [0.5, 0.6) is 0 Å². The molecule has 2 N–H and O–H groups in total. The van der Waals surface area contributed by atoms with E-state index in [1.165, 1.54) is 21.5 Å². The largest absolute Gasteiger partial charge is 0.392 e. The summed E-state index contributed by atoms with van der Waals surface area (Å²) in [5, 5.41) is 2.62. The van der Waals surface area contributed by atoms with E-state index >= 15 is 0 Å². The predicted molar refractivity (Wildman–Crippen MR) is 95.6 cm³/mol. The summed E-state index contributed by atoms with van der Waals surface area (Å²) in [4.78, 5) is 18.4. The first-order chi connectivity index (χ1) is 10.5. The molecule has 0 saturated heterocycles. The van der Waals surface area contributed by atoms with Gasteiger partial charge in [0.05, 0.1) is 16.9 Å². The van der Waals surface area contributed by atoms with Crippen molar-refractivity contribution in [3.05, 3.63) is 51.4 Å². The molecule has 0 saturated carbocycles. The van der Waals surface area contributed by atoms with Crippen molar-refractivity contribution in [2.75, 3.05) is 0 Å². The van der Waals surface area contributed by atoms with Gasteiger partial charge in [-0.1, -0.05) is 42.0 Å². The number of aryl methyl sites for hydroxylation is 2. The number of thiophene rings is 1. The highest BCUT2D eigenvalue weighted by Gasteiger charge is 2.15. The van der Waals surface area contributed by atoms with Gasteiger partial charge in [-0.05, 0) is 19.4 Å². The monoisotopic (exact) mass is 329 g/mol. The summed E-state index contributed by atoms with van der Waals surface area (Å²) in [6.07, 6.45) is 0. The Morgan fingerprint density at radius 3 is 2.64 bits per heavy atom. The molecule has 0 amide bonds. The molecule has 0 aliphatic rings. The van der Waals surface area contributed by atoms with Crippen molar-refractivity contribution >= 4 is 38.8 Å². The number of nitrogens with two attached hydrogens (primary N) is 1. The Hall–Kier alpha value is -2.05. The van der Waals surface area contributed by atoms with Crippen molar-refractivity contribution in [3.8, 4) is 11.1 Å². The molecular weight excluding hydrogens is 314 g/mol. The maximum absolute atomic E-state index is 12.8. The second kappa shape index (κ2) is 5.62. The lowest BCUT2D eigenvalue weighted by molar-refractivity contribution is 0.753. The molecule has 0 aliphatic carbocycles. The Bertz CT molecular complexity index is 923. The van der Waals surface area contributed by atoms with Crippen LogP contribution in [0, 0.1) is 13.8 Å². The van der Waals surface area contributed by atoms with E-state index in [4.69, 9.17) is 18.0 Å². The van der Waals surface area contributed by atoms with Crippen LogP contribution in [0.3, 0.4) is 0 Å². The molecule has 6 heteroatoms. The third kappa shape index (κ3) is 2.55. The molecule has 0 atom stereocenters. The highest BCUT2D eigenvalue weighted by molar-refractivity contribution is 7.80. The maximum atomic E-state index is 12.8. The fraction of sp³-hybridized carbons (Fsp3) is 0.188. The van der Waals surface area contributed by atoms with Crippen molar-refractivity contribution in [2.24, 2.45) is 5.73 Å². The zero-order chi connectivity index (χ0) is 15.9. The molecule has 0 fully saturated rings. The highest BCUT2D eigenvalue weighted by atomic mass is 32.1. The number of aromatic nitrogens is 2. The van der Waals surface area contributed by atoms with Crippen LogP contribution in [0.1, 0.15) is 11.4 Å².